The van der Waals surface area contributed by atoms with Crippen LogP contribution in [0.2, 0.25) is 0 Å². The van der Waals surface area contributed by atoms with Crippen molar-refractivity contribution in [3.05, 3.63) is 78.1 Å². The Hall–Kier alpha value is -3.15. The van der Waals surface area contributed by atoms with Gasteiger partial charge in [-0.05, 0) is 93.0 Å². The Kier molecular flexibility index (Phi) is 7.63. The third-order valence-corrected chi connectivity index (χ3v) is 8.00. The minimum absolute atomic E-state index is 0.0546. The zero-order valence-corrected chi connectivity index (χ0v) is 21.4. The minimum Gasteiger partial charge on any atom is -0.359 e. The summed E-state index contributed by atoms with van der Waals surface area (Å²) in [5.41, 5.74) is 0.507. The van der Waals surface area contributed by atoms with Gasteiger partial charge in [0.25, 0.3) is 0 Å². The number of aromatic nitrogens is 2. The van der Waals surface area contributed by atoms with Gasteiger partial charge in [-0.25, -0.2) is 22.5 Å². The number of anilines is 2. The molecule has 0 unspecified atom stereocenters. The van der Waals surface area contributed by atoms with Gasteiger partial charge in [0.15, 0.2) is 10.9 Å². The molecule has 5 rings (SSSR count). The Balaban J connectivity index is 1.50. The van der Waals surface area contributed by atoms with E-state index in [-0.39, 0.29) is 27.9 Å². The summed E-state index contributed by atoms with van der Waals surface area (Å²) in [7, 11) is 2.08. The number of halogens is 4. The molecule has 3 heterocycles. The molecule has 1 aliphatic rings. The molecule has 4 aromatic rings. The van der Waals surface area contributed by atoms with Gasteiger partial charge in [0, 0.05) is 18.4 Å². The molecule has 0 radical (unpaired) electrons. The van der Waals surface area contributed by atoms with Crippen molar-refractivity contribution in [2.24, 2.45) is 0 Å². The van der Waals surface area contributed by atoms with E-state index in [1.807, 2.05) is 0 Å². The second-order valence-electron chi connectivity index (χ2n) is 8.72. The van der Waals surface area contributed by atoms with Crippen molar-refractivity contribution in [1.29, 1.82) is 0 Å². The van der Waals surface area contributed by atoms with E-state index in [9.17, 15) is 8.78 Å². The highest BCUT2D eigenvalue weighted by Crippen LogP contribution is 2.43. The monoisotopic (exact) mass is 545 g/mol. The molecule has 0 bridgehead atoms. The van der Waals surface area contributed by atoms with Gasteiger partial charge in [0.05, 0.1) is 26.7 Å². The number of hydrogen-bond donors (Lipinski definition) is 2. The molecule has 1 fully saturated rings. The second kappa shape index (κ2) is 11.1. The highest BCUT2D eigenvalue weighted by molar-refractivity contribution is 8.00. The minimum atomic E-state index is -0.879. The zero-order valence-electron chi connectivity index (χ0n) is 19.8. The molecular weight excluding hydrogens is 522 g/mol. The standard InChI is InChI=1S/C26H23F4N5S2/c1-35-12-8-17(9-13-35)32-26-33-24(25(36-26)15-6-10-31-11-7-15)22-19(29)4-5-20(23(22)30)34-37-21-14-16(27)2-3-18(21)28/h2-7,10-11,14,17,34H,8-9,12-13H2,1H3,(H,32,33). The first-order valence-electron chi connectivity index (χ1n) is 11.6. The van der Waals surface area contributed by atoms with Crippen molar-refractivity contribution in [1.82, 2.24) is 14.9 Å². The van der Waals surface area contributed by atoms with Crippen LogP contribution in [0.15, 0.2) is 59.8 Å². The molecule has 0 saturated carbocycles. The van der Waals surface area contributed by atoms with Crippen molar-refractivity contribution >= 4 is 34.1 Å². The first kappa shape index (κ1) is 25.5. The lowest BCUT2D eigenvalue weighted by Crippen LogP contribution is -2.36. The van der Waals surface area contributed by atoms with Crippen LogP contribution in [0.3, 0.4) is 0 Å². The summed E-state index contributed by atoms with van der Waals surface area (Å²) in [6.45, 7) is 1.90. The number of thiazole rings is 1. The Bertz CT molecular complexity index is 1390. The number of likely N-dealkylation sites (tertiary alicyclic amines) is 1. The molecule has 11 heteroatoms. The fraction of sp³-hybridized carbons (Fsp3) is 0.231. The molecule has 5 nitrogen and oxygen atoms in total. The molecule has 0 spiro atoms. The van der Waals surface area contributed by atoms with E-state index in [1.54, 1.807) is 24.5 Å². The molecule has 1 aliphatic heterocycles. The molecule has 0 atom stereocenters. The number of benzene rings is 2. The lowest BCUT2D eigenvalue weighted by atomic mass is 10.1. The van der Waals surface area contributed by atoms with Gasteiger partial charge < -0.3 is 14.9 Å². The van der Waals surface area contributed by atoms with Crippen LogP contribution < -0.4 is 10.0 Å². The highest BCUT2D eigenvalue weighted by atomic mass is 32.2. The molecule has 0 aliphatic carbocycles. The smallest absolute Gasteiger partial charge is 0.184 e. The van der Waals surface area contributed by atoms with Crippen LogP contribution in [0.1, 0.15) is 12.8 Å². The van der Waals surface area contributed by atoms with Gasteiger partial charge in [-0.1, -0.05) is 11.3 Å². The van der Waals surface area contributed by atoms with Crippen molar-refractivity contribution in [2.75, 3.05) is 30.2 Å². The molecule has 2 aromatic heterocycles. The van der Waals surface area contributed by atoms with Gasteiger partial charge >= 0.3 is 0 Å². The Morgan fingerprint density at radius 1 is 0.973 bits per heavy atom. The van der Waals surface area contributed by atoms with Gasteiger partial charge in [-0.15, -0.1) is 0 Å². The summed E-state index contributed by atoms with van der Waals surface area (Å²) >= 11 is 2.02. The maximum atomic E-state index is 15.8. The first-order valence-corrected chi connectivity index (χ1v) is 13.2. The van der Waals surface area contributed by atoms with E-state index in [0.29, 0.717) is 22.0 Å². The highest BCUT2D eigenvalue weighted by Gasteiger charge is 2.25. The maximum Gasteiger partial charge on any atom is 0.184 e. The van der Waals surface area contributed by atoms with E-state index < -0.39 is 23.3 Å². The summed E-state index contributed by atoms with van der Waals surface area (Å²) in [6.07, 6.45) is 5.09. The SMILES string of the molecule is CN1CCC(Nc2nc(-c3c(F)ccc(NSc4cc(F)ccc4F)c3F)c(-c3ccncc3)s2)CC1. The van der Waals surface area contributed by atoms with Crippen molar-refractivity contribution in [2.45, 2.75) is 23.8 Å². The molecule has 2 aromatic carbocycles. The second-order valence-corrected chi connectivity index (χ2v) is 10.6. The summed E-state index contributed by atoms with van der Waals surface area (Å²) in [5, 5.41) is 4.01. The Labute approximate surface area is 220 Å². The molecule has 37 heavy (non-hydrogen) atoms. The molecule has 0 amide bonds. The molecule has 2 N–H and O–H groups in total. The average molecular weight is 546 g/mol. The van der Waals surface area contributed by atoms with Crippen molar-refractivity contribution in [3.63, 3.8) is 0 Å². The Morgan fingerprint density at radius 2 is 1.70 bits per heavy atom. The third-order valence-electron chi connectivity index (χ3n) is 6.11. The van der Waals surface area contributed by atoms with E-state index in [1.165, 1.54) is 17.4 Å². The third kappa shape index (κ3) is 5.73. The molecule has 1 saturated heterocycles. The summed E-state index contributed by atoms with van der Waals surface area (Å²) in [5.74, 6) is -2.95. The van der Waals surface area contributed by atoms with Crippen molar-refractivity contribution in [3.8, 4) is 21.7 Å². The van der Waals surface area contributed by atoms with Crippen LogP contribution in [0.5, 0.6) is 0 Å². The van der Waals surface area contributed by atoms with Crippen LogP contribution in [0.25, 0.3) is 21.7 Å². The van der Waals surface area contributed by atoms with Crippen LogP contribution >= 0.6 is 23.3 Å². The van der Waals surface area contributed by atoms with E-state index >= 15 is 8.78 Å². The zero-order chi connectivity index (χ0) is 25.9. The lowest BCUT2D eigenvalue weighted by Gasteiger charge is -2.29. The quantitative estimate of drug-likeness (QED) is 0.192. The predicted molar refractivity (Wildman–Crippen MR) is 141 cm³/mol. The first-order chi connectivity index (χ1) is 17.9. The van der Waals surface area contributed by atoms with Crippen LogP contribution in [0, 0.1) is 23.3 Å². The normalized spacial score (nSPS) is 14.6. The number of pyridine rings is 1. The Morgan fingerprint density at radius 3 is 2.46 bits per heavy atom. The number of piperidine rings is 1. The van der Waals surface area contributed by atoms with Crippen LogP contribution in [-0.2, 0) is 0 Å². The number of rotatable bonds is 7. The van der Waals surface area contributed by atoms with Gasteiger partial charge in [-0.3, -0.25) is 4.98 Å². The van der Waals surface area contributed by atoms with E-state index in [0.717, 1.165) is 55.8 Å². The predicted octanol–water partition coefficient (Wildman–Crippen LogP) is 7.05. The number of nitrogens with zero attached hydrogens (tertiary/aromatic N) is 3. The lowest BCUT2D eigenvalue weighted by molar-refractivity contribution is 0.264. The number of hydrogen-bond acceptors (Lipinski definition) is 7. The fourth-order valence-electron chi connectivity index (χ4n) is 4.09. The van der Waals surface area contributed by atoms with Gasteiger partial charge in [0.1, 0.15) is 17.5 Å². The van der Waals surface area contributed by atoms with Crippen LogP contribution in [0.4, 0.5) is 28.4 Å². The van der Waals surface area contributed by atoms with E-state index in [4.69, 9.17) is 0 Å². The molecule has 192 valence electrons. The average Bonchev–Trinajstić information content (AvgIpc) is 3.30. The van der Waals surface area contributed by atoms with Gasteiger partial charge in [-0.2, -0.15) is 0 Å². The topological polar surface area (TPSA) is 53.1 Å². The maximum absolute atomic E-state index is 15.8. The largest absolute Gasteiger partial charge is 0.359 e. The molecular formula is C26H23F4N5S2. The number of nitrogens with one attached hydrogen (secondary N) is 2. The fourth-order valence-corrected chi connectivity index (χ4v) is 5.86. The van der Waals surface area contributed by atoms with Crippen molar-refractivity contribution < 1.29 is 17.6 Å². The summed E-state index contributed by atoms with van der Waals surface area (Å²) < 4.78 is 61.1. The summed E-state index contributed by atoms with van der Waals surface area (Å²) in [4.78, 5) is 11.5. The van der Waals surface area contributed by atoms with Gasteiger partial charge in [0.2, 0.25) is 0 Å². The summed E-state index contributed by atoms with van der Waals surface area (Å²) in [6, 6.07) is 9.06. The van der Waals surface area contributed by atoms with Crippen LogP contribution in [-0.4, -0.2) is 41.0 Å². The van der Waals surface area contributed by atoms with E-state index in [2.05, 4.69) is 32.0 Å².